The fourth-order valence-corrected chi connectivity index (χ4v) is 7.57. The maximum absolute atomic E-state index is 6.58. The monoisotopic (exact) mass is 831 g/mol. The third-order valence-electron chi connectivity index (χ3n) is 9.69. The number of hydrogen-bond donors (Lipinski definition) is 0. The van der Waals surface area contributed by atoms with Crippen molar-refractivity contribution in [1.82, 2.24) is 19.3 Å². The predicted octanol–water partition coefficient (Wildman–Crippen LogP) is 10.4. The number of hydrogen-bond acceptors (Lipinski definition) is 4. The summed E-state index contributed by atoms with van der Waals surface area (Å²) in [5, 5.41) is 7.53. The standard InChI is InChI=1S/C42H44N4O2.Pt/c1-7-12-36-42(41-28(4)14-11-15-29(41)5)38(13-8-2)46(44-36)30-22-27(3)23-33(24-30)48-32-18-19-35-34-16-9-10-17-37(34)45(39(35)25-32)40-26-31(47-6)20-21-43-40;/h9-10,14,16-23,26,29,41H,7-8,11-13,15H2,1-6H3;/q-2;+2/t29-,41?;/m0./s1. The Kier molecular flexibility index (Phi) is 10.5. The zero-order valence-corrected chi connectivity index (χ0v) is 31.5. The van der Waals surface area contributed by atoms with Crippen LogP contribution in [0.3, 0.4) is 0 Å². The van der Waals surface area contributed by atoms with E-state index in [-0.39, 0.29) is 21.1 Å². The Morgan fingerprint density at radius 1 is 0.918 bits per heavy atom. The fourth-order valence-electron chi connectivity index (χ4n) is 7.57. The van der Waals surface area contributed by atoms with Gasteiger partial charge in [0, 0.05) is 46.5 Å². The first kappa shape index (κ1) is 34.7. The third-order valence-corrected chi connectivity index (χ3v) is 9.69. The molecule has 7 heteroatoms. The molecular weight excluding hydrogens is 788 g/mol. The molecule has 0 saturated heterocycles. The van der Waals surface area contributed by atoms with E-state index in [4.69, 9.17) is 19.6 Å². The second-order valence-electron chi connectivity index (χ2n) is 13.2. The number of para-hydroxylation sites is 1. The van der Waals surface area contributed by atoms with Crippen molar-refractivity contribution in [1.29, 1.82) is 0 Å². The quantitative estimate of drug-likeness (QED) is 0.102. The number of rotatable bonds is 10. The normalized spacial score (nSPS) is 16.1. The number of nitrogens with zero attached hydrogens (tertiary/aromatic N) is 4. The summed E-state index contributed by atoms with van der Waals surface area (Å²) < 4.78 is 16.4. The molecule has 1 unspecified atom stereocenters. The van der Waals surface area contributed by atoms with Crippen LogP contribution in [0.4, 0.5) is 0 Å². The van der Waals surface area contributed by atoms with Gasteiger partial charge in [-0.2, -0.15) is 16.7 Å². The topological polar surface area (TPSA) is 54.1 Å². The van der Waals surface area contributed by atoms with Crippen molar-refractivity contribution < 1.29 is 30.5 Å². The Bertz CT molecular complexity index is 2140. The van der Waals surface area contributed by atoms with Crippen LogP contribution < -0.4 is 9.47 Å². The summed E-state index contributed by atoms with van der Waals surface area (Å²) >= 11 is 0. The van der Waals surface area contributed by atoms with Crippen molar-refractivity contribution in [3.05, 3.63) is 113 Å². The van der Waals surface area contributed by atoms with Crippen LogP contribution in [0.2, 0.25) is 0 Å². The van der Waals surface area contributed by atoms with Gasteiger partial charge in [0.15, 0.2) is 0 Å². The first-order valence-corrected chi connectivity index (χ1v) is 17.4. The number of aromatic nitrogens is 4. The van der Waals surface area contributed by atoms with E-state index < -0.39 is 0 Å². The first-order chi connectivity index (χ1) is 23.4. The zero-order chi connectivity index (χ0) is 33.4. The molecule has 3 aromatic carbocycles. The molecule has 1 aliphatic rings. The van der Waals surface area contributed by atoms with E-state index >= 15 is 0 Å². The van der Waals surface area contributed by atoms with Crippen LogP contribution in [0.25, 0.3) is 33.3 Å². The molecule has 6 aromatic rings. The van der Waals surface area contributed by atoms with Crippen molar-refractivity contribution in [2.75, 3.05) is 7.11 Å². The van der Waals surface area contributed by atoms with Gasteiger partial charge in [-0.15, -0.1) is 35.7 Å². The molecule has 0 saturated carbocycles. The molecule has 0 bridgehead atoms. The van der Waals surface area contributed by atoms with Gasteiger partial charge in [-0.1, -0.05) is 75.9 Å². The van der Waals surface area contributed by atoms with Crippen LogP contribution in [0, 0.1) is 25.0 Å². The van der Waals surface area contributed by atoms with E-state index in [1.165, 1.54) is 28.9 Å². The predicted molar refractivity (Wildman–Crippen MR) is 194 cm³/mol. The van der Waals surface area contributed by atoms with Crippen molar-refractivity contribution in [2.45, 2.75) is 79.1 Å². The molecule has 0 amide bonds. The molecule has 7 rings (SSSR count). The van der Waals surface area contributed by atoms with Gasteiger partial charge in [-0.05, 0) is 61.7 Å². The largest absolute Gasteiger partial charge is 2.00 e. The van der Waals surface area contributed by atoms with Gasteiger partial charge in [0.2, 0.25) is 0 Å². The molecule has 1 aliphatic carbocycles. The van der Waals surface area contributed by atoms with Gasteiger partial charge in [-0.25, -0.2) is 4.98 Å². The molecule has 0 spiro atoms. The van der Waals surface area contributed by atoms with E-state index in [1.54, 1.807) is 13.3 Å². The summed E-state index contributed by atoms with van der Waals surface area (Å²) in [6.45, 7) is 11.3. The van der Waals surface area contributed by atoms with E-state index in [2.05, 4.69) is 92.4 Å². The van der Waals surface area contributed by atoms with Gasteiger partial charge >= 0.3 is 21.1 Å². The summed E-state index contributed by atoms with van der Waals surface area (Å²) in [6, 6.07) is 27.6. The summed E-state index contributed by atoms with van der Waals surface area (Å²) in [5.41, 5.74) is 9.39. The Morgan fingerprint density at radius 2 is 1.73 bits per heavy atom. The van der Waals surface area contributed by atoms with E-state index in [0.29, 0.717) is 23.3 Å². The second-order valence-corrected chi connectivity index (χ2v) is 13.2. The Hall–Kier alpha value is -4.15. The molecule has 254 valence electrons. The molecule has 0 fully saturated rings. The van der Waals surface area contributed by atoms with Crippen LogP contribution in [0.15, 0.2) is 78.5 Å². The van der Waals surface area contributed by atoms with Gasteiger partial charge in [0.05, 0.1) is 12.8 Å². The van der Waals surface area contributed by atoms with Crippen LogP contribution in [-0.4, -0.2) is 26.4 Å². The molecule has 0 aliphatic heterocycles. The summed E-state index contributed by atoms with van der Waals surface area (Å²) in [6.07, 6.45) is 10.6. The molecular formula is C42H44N4O2Pt. The van der Waals surface area contributed by atoms with Crippen LogP contribution >= 0.6 is 0 Å². The smallest absolute Gasteiger partial charge is 0.509 e. The molecule has 3 heterocycles. The van der Waals surface area contributed by atoms with Gasteiger partial charge in [0.1, 0.15) is 11.6 Å². The molecule has 3 aromatic heterocycles. The number of methoxy groups -OCH3 is 1. The number of pyridine rings is 1. The molecule has 2 atom stereocenters. The Labute approximate surface area is 304 Å². The van der Waals surface area contributed by atoms with Gasteiger partial charge < -0.3 is 14.0 Å². The number of ether oxygens (including phenoxy) is 2. The summed E-state index contributed by atoms with van der Waals surface area (Å²) in [4.78, 5) is 4.69. The third kappa shape index (κ3) is 6.60. The maximum Gasteiger partial charge on any atom is 2.00 e. The van der Waals surface area contributed by atoms with E-state index in [0.717, 1.165) is 76.7 Å². The fraction of sp³-hybridized carbons (Fsp3) is 0.333. The van der Waals surface area contributed by atoms with Crippen molar-refractivity contribution in [2.24, 2.45) is 5.92 Å². The maximum atomic E-state index is 6.58. The van der Waals surface area contributed by atoms with E-state index in [9.17, 15) is 0 Å². The number of allylic oxidation sites excluding steroid dienone is 2. The number of aryl methyl sites for hydroxylation is 2. The molecule has 0 radical (unpaired) electrons. The summed E-state index contributed by atoms with van der Waals surface area (Å²) in [7, 11) is 1.67. The SMILES string of the molecule is CCCc1nn(-c2[c-]c(Oc3[c-]c4c(cc3)c3ccccc3n4-c3cc(OC)ccn3)cc(C)c2)c(CCC)c1C1C(C)=CCC[C@@H]1C.[Pt+2]. The Balaban J connectivity index is 0.00000417. The minimum atomic E-state index is 0. The van der Waals surface area contributed by atoms with Crippen LogP contribution in [0.1, 0.15) is 81.8 Å². The first-order valence-electron chi connectivity index (χ1n) is 17.4. The average Bonchev–Trinajstić information content (AvgIpc) is 3.60. The molecule has 6 nitrogen and oxygen atoms in total. The summed E-state index contributed by atoms with van der Waals surface area (Å²) in [5.74, 6) is 3.75. The Morgan fingerprint density at radius 3 is 2.51 bits per heavy atom. The van der Waals surface area contributed by atoms with Crippen molar-refractivity contribution in [3.63, 3.8) is 0 Å². The molecule has 0 N–H and O–H groups in total. The van der Waals surface area contributed by atoms with E-state index in [1.807, 2.05) is 30.3 Å². The zero-order valence-electron chi connectivity index (χ0n) is 29.2. The van der Waals surface area contributed by atoms with Crippen molar-refractivity contribution in [3.8, 4) is 28.8 Å². The number of fused-ring (bicyclic) bond motifs is 3. The van der Waals surface area contributed by atoms with Gasteiger partial charge in [-0.3, -0.25) is 4.68 Å². The average molecular weight is 832 g/mol. The second kappa shape index (κ2) is 14.8. The number of benzene rings is 3. The van der Waals surface area contributed by atoms with Crippen molar-refractivity contribution >= 4 is 21.8 Å². The van der Waals surface area contributed by atoms with Crippen LogP contribution in [-0.2, 0) is 33.9 Å². The minimum absolute atomic E-state index is 0. The minimum Gasteiger partial charge on any atom is -0.509 e. The van der Waals surface area contributed by atoms with Gasteiger partial charge in [0.25, 0.3) is 0 Å². The molecule has 49 heavy (non-hydrogen) atoms. The van der Waals surface area contributed by atoms with Crippen LogP contribution in [0.5, 0.6) is 17.2 Å².